The lowest BCUT2D eigenvalue weighted by Gasteiger charge is -2.13. The maximum Gasteiger partial charge on any atom is 0.194 e. The highest BCUT2D eigenvalue weighted by Crippen LogP contribution is 2.15. The molecule has 1 aromatic heterocycles. The fourth-order valence-corrected chi connectivity index (χ4v) is 1.72. The number of hydrogen-bond acceptors (Lipinski definition) is 2. The van der Waals surface area contributed by atoms with E-state index >= 15 is 0 Å². The molecule has 100 valence electrons. The van der Waals surface area contributed by atoms with Crippen LogP contribution < -0.4 is 5.32 Å². The van der Waals surface area contributed by atoms with Gasteiger partial charge in [-0.1, -0.05) is 6.07 Å². The first kappa shape index (κ1) is 13.5. The van der Waals surface area contributed by atoms with Crippen LogP contribution in [0.1, 0.15) is 24.2 Å². The number of rotatable bonds is 4. The number of benzene rings is 1. The predicted molar refractivity (Wildman–Crippen MR) is 65.8 cm³/mol. The zero-order valence-corrected chi connectivity index (χ0v) is 10.3. The van der Waals surface area contributed by atoms with Crippen molar-refractivity contribution < 1.29 is 13.2 Å². The number of nitrogens with zero attached hydrogens (tertiary/aromatic N) is 1. The van der Waals surface area contributed by atoms with Crippen molar-refractivity contribution >= 4 is 0 Å². The lowest BCUT2D eigenvalue weighted by molar-refractivity contribution is 0.443. The van der Waals surface area contributed by atoms with Gasteiger partial charge in [0.05, 0.1) is 5.69 Å². The van der Waals surface area contributed by atoms with Crippen molar-refractivity contribution in [2.75, 3.05) is 0 Å². The highest BCUT2D eigenvalue weighted by atomic mass is 19.2. The van der Waals surface area contributed by atoms with E-state index in [1.165, 1.54) is 0 Å². The van der Waals surface area contributed by atoms with E-state index in [1.54, 1.807) is 12.3 Å². The Bertz CT molecular complexity index is 535. The van der Waals surface area contributed by atoms with Crippen LogP contribution in [0.2, 0.25) is 0 Å². The van der Waals surface area contributed by atoms with Gasteiger partial charge in [0, 0.05) is 18.8 Å². The number of pyridine rings is 1. The molecule has 2 aromatic rings. The second-order valence-corrected chi connectivity index (χ2v) is 4.23. The van der Waals surface area contributed by atoms with E-state index < -0.39 is 17.5 Å². The summed E-state index contributed by atoms with van der Waals surface area (Å²) in [5.74, 6) is -3.80. The lowest BCUT2D eigenvalue weighted by atomic mass is 10.1. The Hall–Kier alpha value is -1.88. The number of hydrogen-bond donors (Lipinski definition) is 1. The molecule has 0 aliphatic rings. The maximum atomic E-state index is 13.0. The molecule has 5 heteroatoms. The van der Waals surface area contributed by atoms with Crippen LogP contribution in [0.3, 0.4) is 0 Å². The minimum Gasteiger partial charge on any atom is -0.305 e. The molecule has 0 saturated carbocycles. The molecule has 2 nitrogen and oxygen atoms in total. The van der Waals surface area contributed by atoms with Crippen LogP contribution in [0.4, 0.5) is 13.2 Å². The summed E-state index contributed by atoms with van der Waals surface area (Å²) in [6.45, 7) is 2.12. The van der Waals surface area contributed by atoms with Crippen molar-refractivity contribution in [1.29, 1.82) is 0 Å². The van der Waals surface area contributed by atoms with E-state index in [0.717, 1.165) is 17.8 Å². The van der Waals surface area contributed by atoms with Gasteiger partial charge in [-0.15, -0.1) is 0 Å². The van der Waals surface area contributed by atoms with Crippen LogP contribution >= 0.6 is 0 Å². The third kappa shape index (κ3) is 3.32. The molecule has 2 rings (SSSR count). The Balaban J connectivity index is 2.03. The van der Waals surface area contributed by atoms with E-state index in [0.29, 0.717) is 5.56 Å². The normalized spacial score (nSPS) is 12.4. The van der Waals surface area contributed by atoms with Crippen molar-refractivity contribution in [3.05, 3.63) is 65.2 Å². The van der Waals surface area contributed by atoms with Gasteiger partial charge in [0.1, 0.15) is 0 Å². The monoisotopic (exact) mass is 266 g/mol. The summed E-state index contributed by atoms with van der Waals surface area (Å²) in [6, 6.07) is 7.41. The van der Waals surface area contributed by atoms with Gasteiger partial charge in [-0.05, 0) is 36.8 Å². The SMILES string of the molecule is C[C@H](NCc1cc(F)c(F)c(F)c1)c1ccccn1. The second kappa shape index (κ2) is 5.84. The number of nitrogens with one attached hydrogen (secondary N) is 1. The first-order chi connectivity index (χ1) is 9.08. The van der Waals surface area contributed by atoms with Gasteiger partial charge >= 0.3 is 0 Å². The molecule has 19 heavy (non-hydrogen) atoms. The molecule has 1 atom stereocenters. The van der Waals surface area contributed by atoms with Crippen molar-refractivity contribution in [2.45, 2.75) is 19.5 Å². The fraction of sp³-hybridized carbons (Fsp3) is 0.214. The van der Waals surface area contributed by atoms with Gasteiger partial charge in [-0.3, -0.25) is 4.98 Å². The molecule has 0 amide bonds. The minimum absolute atomic E-state index is 0.0719. The summed E-state index contributed by atoms with van der Waals surface area (Å²) in [5.41, 5.74) is 1.17. The Morgan fingerprint density at radius 2 is 1.84 bits per heavy atom. The standard InChI is InChI=1S/C14H13F3N2/c1-9(13-4-2-3-5-18-13)19-8-10-6-11(15)14(17)12(16)7-10/h2-7,9,19H,8H2,1H3/t9-/m0/s1. The summed E-state index contributed by atoms with van der Waals surface area (Å²) in [6.07, 6.45) is 1.67. The summed E-state index contributed by atoms with van der Waals surface area (Å²) in [5, 5.41) is 3.07. The maximum absolute atomic E-state index is 13.0. The Labute approximate surface area is 109 Å². The zero-order valence-electron chi connectivity index (χ0n) is 10.3. The highest BCUT2D eigenvalue weighted by molar-refractivity contribution is 5.19. The first-order valence-electron chi connectivity index (χ1n) is 5.85. The van der Waals surface area contributed by atoms with Gasteiger partial charge in [-0.2, -0.15) is 0 Å². The van der Waals surface area contributed by atoms with Crippen molar-refractivity contribution in [1.82, 2.24) is 10.3 Å². The molecule has 1 N–H and O–H groups in total. The predicted octanol–water partition coefficient (Wildman–Crippen LogP) is 3.35. The Morgan fingerprint density at radius 3 is 2.42 bits per heavy atom. The van der Waals surface area contributed by atoms with Gasteiger partial charge in [-0.25, -0.2) is 13.2 Å². The van der Waals surface area contributed by atoms with Crippen LogP contribution in [0, 0.1) is 17.5 Å². The van der Waals surface area contributed by atoms with Gasteiger partial charge in [0.15, 0.2) is 17.5 Å². The average Bonchev–Trinajstić information content (AvgIpc) is 2.43. The highest BCUT2D eigenvalue weighted by Gasteiger charge is 2.11. The first-order valence-corrected chi connectivity index (χ1v) is 5.85. The molecule has 0 bridgehead atoms. The molecule has 0 unspecified atom stereocenters. The van der Waals surface area contributed by atoms with E-state index in [-0.39, 0.29) is 12.6 Å². The van der Waals surface area contributed by atoms with E-state index in [2.05, 4.69) is 10.3 Å². The van der Waals surface area contributed by atoms with Gasteiger partial charge in [0.25, 0.3) is 0 Å². The molecular formula is C14H13F3N2. The van der Waals surface area contributed by atoms with Crippen molar-refractivity contribution in [2.24, 2.45) is 0 Å². The second-order valence-electron chi connectivity index (χ2n) is 4.23. The van der Waals surface area contributed by atoms with E-state index in [1.807, 2.05) is 19.1 Å². The van der Waals surface area contributed by atoms with Crippen LogP contribution in [0.25, 0.3) is 0 Å². The smallest absolute Gasteiger partial charge is 0.194 e. The molecule has 0 radical (unpaired) electrons. The number of aromatic nitrogens is 1. The van der Waals surface area contributed by atoms with E-state index in [9.17, 15) is 13.2 Å². The quantitative estimate of drug-likeness (QED) is 0.858. The van der Waals surface area contributed by atoms with Gasteiger partial charge < -0.3 is 5.32 Å². The molecule has 0 aliphatic carbocycles. The molecular weight excluding hydrogens is 253 g/mol. The molecule has 0 aliphatic heterocycles. The molecule has 0 spiro atoms. The summed E-state index contributed by atoms with van der Waals surface area (Å²) >= 11 is 0. The third-order valence-corrected chi connectivity index (χ3v) is 2.79. The molecule has 0 fully saturated rings. The van der Waals surface area contributed by atoms with Gasteiger partial charge in [0.2, 0.25) is 0 Å². The molecule has 1 aromatic carbocycles. The zero-order chi connectivity index (χ0) is 13.8. The lowest BCUT2D eigenvalue weighted by Crippen LogP contribution is -2.19. The van der Waals surface area contributed by atoms with Crippen molar-refractivity contribution in [3.63, 3.8) is 0 Å². The fourth-order valence-electron chi connectivity index (χ4n) is 1.72. The average molecular weight is 266 g/mol. The van der Waals surface area contributed by atoms with Crippen LogP contribution in [-0.4, -0.2) is 4.98 Å². The summed E-state index contributed by atoms with van der Waals surface area (Å²) in [4.78, 5) is 4.17. The summed E-state index contributed by atoms with van der Waals surface area (Å²) in [7, 11) is 0. The van der Waals surface area contributed by atoms with E-state index in [4.69, 9.17) is 0 Å². The third-order valence-electron chi connectivity index (χ3n) is 2.79. The molecule has 1 heterocycles. The number of halogens is 3. The van der Waals surface area contributed by atoms with Crippen LogP contribution in [0.5, 0.6) is 0 Å². The minimum atomic E-state index is -1.44. The summed E-state index contributed by atoms with van der Waals surface area (Å²) < 4.78 is 38.9. The van der Waals surface area contributed by atoms with Crippen LogP contribution in [0.15, 0.2) is 36.5 Å². The molecule has 0 saturated heterocycles. The van der Waals surface area contributed by atoms with Crippen LogP contribution in [-0.2, 0) is 6.54 Å². The Morgan fingerprint density at radius 1 is 1.16 bits per heavy atom. The topological polar surface area (TPSA) is 24.9 Å². The Kier molecular flexibility index (Phi) is 4.16. The van der Waals surface area contributed by atoms with Crippen molar-refractivity contribution in [3.8, 4) is 0 Å². The largest absolute Gasteiger partial charge is 0.305 e.